The van der Waals surface area contributed by atoms with Gasteiger partial charge < -0.3 is 19.7 Å². The first-order chi connectivity index (χ1) is 15.1. The second-order valence-electron chi connectivity index (χ2n) is 7.22. The number of amides is 2. The molecule has 0 aliphatic carbocycles. The zero-order chi connectivity index (χ0) is 21.4. The van der Waals surface area contributed by atoms with E-state index in [1.54, 1.807) is 41.3 Å². The van der Waals surface area contributed by atoms with E-state index in [0.29, 0.717) is 46.8 Å². The number of hydrogen-bond donors (Lipinski definition) is 1. The van der Waals surface area contributed by atoms with Gasteiger partial charge in [-0.3, -0.25) is 9.59 Å². The van der Waals surface area contributed by atoms with E-state index in [1.165, 1.54) is 17.3 Å². The SMILES string of the molecule is O=C(Nc1cc(Cl)ccc1-n1cncn1)C1CC(=O)N(c2ccc3c(c2)OCCO3)C1. The summed E-state index contributed by atoms with van der Waals surface area (Å²) in [6, 6.07) is 10.4. The van der Waals surface area contributed by atoms with Crippen molar-refractivity contribution >= 4 is 34.8 Å². The van der Waals surface area contributed by atoms with Crippen molar-refractivity contribution in [2.75, 3.05) is 30.0 Å². The van der Waals surface area contributed by atoms with Gasteiger partial charge in [0.1, 0.15) is 25.9 Å². The zero-order valence-corrected chi connectivity index (χ0v) is 17.1. The van der Waals surface area contributed by atoms with Crippen LogP contribution in [0.1, 0.15) is 6.42 Å². The number of ether oxygens (including phenoxy) is 2. The Morgan fingerprint density at radius 3 is 2.77 bits per heavy atom. The van der Waals surface area contributed by atoms with Crippen LogP contribution in [0.4, 0.5) is 11.4 Å². The molecule has 5 rings (SSSR count). The highest BCUT2D eigenvalue weighted by molar-refractivity contribution is 6.31. The molecule has 2 aliphatic rings. The number of nitrogens with one attached hydrogen (secondary N) is 1. The van der Waals surface area contributed by atoms with Crippen LogP contribution in [0.2, 0.25) is 5.02 Å². The number of nitrogens with zero attached hydrogens (tertiary/aromatic N) is 4. The van der Waals surface area contributed by atoms with E-state index in [0.717, 1.165) is 0 Å². The van der Waals surface area contributed by atoms with E-state index < -0.39 is 5.92 Å². The Labute approximate surface area is 182 Å². The molecule has 9 nitrogen and oxygen atoms in total. The maximum atomic E-state index is 13.0. The zero-order valence-electron chi connectivity index (χ0n) is 16.3. The Hall–Kier alpha value is -3.59. The van der Waals surface area contributed by atoms with Crippen LogP contribution < -0.4 is 19.7 Å². The summed E-state index contributed by atoms with van der Waals surface area (Å²) in [5, 5.41) is 7.47. The summed E-state index contributed by atoms with van der Waals surface area (Å²) in [6.45, 7) is 1.23. The fourth-order valence-corrected chi connectivity index (χ4v) is 3.88. The lowest BCUT2D eigenvalue weighted by atomic mass is 10.1. The van der Waals surface area contributed by atoms with Gasteiger partial charge in [-0.1, -0.05) is 11.6 Å². The quantitative estimate of drug-likeness (QED) is 0.671. The van der Waals surface area contributed by atoms with E-state index >= 15 is 0 Å². The highest BCUT2D eigenvalue weighted by Gasteiger charge is 2.36. The normalized spacial score (nSPS) is 17.6. The minimum Gasteiger partial charge on any atom is -0.486 e. The molecule has 2 amide bonds. The van der Waals surface area contributed by atoms with Gasteiger partial charge in [0, 0.05) is 29.7 Å². The lowest BCUT2D eigenvalue weighted by Crippen LogP contribution is -2.28. The van der Waals surface area contributed by atoms with Gasteiger partial charge in [0.2, 0.25) is 11.8 Å². The number of anilines is 2. The van der Waals surface area contributed by atoms with Gasteiger partial charge in [0.25, 0.3) is 0 Å². The van der Waals surface area contributed by atoms with Crippen LogP contribution in [-0.2, 0) is 9.59 Å². The number of carbonyl (C=O) groups is 2. The summed E-state index contributed by atoms with van der Waals surface area (Å²) in [5.41, 5.74) is 1.80. The van der Waals surface area contributed by atoms with Crippen LogP contribution in [0.5, 0.6) is 11.5 Å². The largest absolute Gasteiger partial charge is 0.486 e. The summed E-state index contributed by atoms with van der Waals surface area (Å²) >= 11 is 6.12. The first-order valence-corrected chi connectivity index (χ1v) is 10.1. The molecule has 1 saturated heterocycles. The van der Waals surface area contributed by atoms with Crippen molar-refractivity contribution in [3.05, 3.63) is 54.1 Å². The predicted octanol–water partition coefficient (Wildman–Crippen LogP) is 2.68. The Morgan fingerprint density at radius 2 is 1.97 bits per heavy atom. The molecule has 3 heterocycles. The highest BCUT2D eigenvalue weighted by atomic mass is 35.5. The number of rotatable bonds is 4. The van der Waals surface area contributed by atoms with Crippen LogP contribution in [0.25, 0.3) is 5.69 Å². The van der Waals surface area contributed by atoms with Crippen LogP contribution in [-0.4, -0.2) is 46.3 Å². The van der Waals surface area contributed by atoms with Gasteiger partial charge in [0.15, 0.2) is 11.5 Å². The molecule has 2 aromatic carbocycles. The number of aromatic nitrogens is 3. The molecule has 0 bridgehead atoms. The molecular weight excluding hydrogens is 422 g/mol. The van der Waals surface area contributed by atoms with Crippen molar-refractivity contribution in [1.29, 1.82) is 0 Å². The minimum atomic E-state index is -0.511. The van der Waals surface area contributed by atoms with Gasteiger partial charge in [-0.05, 0) is 30.3 Å². The Kier molecular flexibility index (Phi) is 4.95. The standard InChI is InChI=1S/C21H18ClN5O4/c22-14-1-3-17(27-12-23-11-24-27)16(8-14)25-21(29)13-7-20(28)26(10-13)15-2-4-18-19(9-15)31-6-5-30-18/h1-4,8-9,11-13H,5-7,10H2,(H,25,29). The van der Waals surface area contributed by atoms with Crippen molar-refractivity contribution in [1.82, 2.24) is 14.8 Å². The summed E-state index contributed by atoms with van der Waals surface area (Å²) < 4.78 is 12.7. The molecule has 31 heavy (non-hydrogen) atoms. The van der Waals surface area contributed by atoms with E-state index in [9.17, 15) is 9.59 Å². The molecule has 2 aliphatic heterocycles. The van der Waals surface area contributed by atoms with Crippen LogP contribution in [0, 0.1) is 5.92 Å². The van der Waals surface area contributed by atoms with E-state index in [1.807, 2.05) is 0 Å². The van der Waals surface area contributed by atoms with Crippen LogP contribution in [0.15, 0.2) is 49.1 Å². The van der Waals surface area contributed by atoms with Gasteiger partial charge in [0.05, 0.1) is 17.3 Å². The fourth-order valence-electron chi connectivity index (χ4n) is 3.71. The van der Waals surface area contributed by atoms with Crippen molar-refractivity contribution in [2.45, 2.75) is 6.42 Å². The minimum absolute atomic E-state index is 0.111. The molecule has 0 spiro atoms. The Balaban J connectivity index is 1.34. The number of hydrogen-bond acceptors (Lipinski definition) is 6. The maximum Gasteiger partial charge on any atom is 0.229 e. The third kappa shape index (κ3) is 3.79. The molecular formula is C21H18ClN5O4. The van der Waals surface area contributed by atoms with Gasteiger partial charge >= 0.3 is 0 Å². The summed E-state index contributed by atoms with van der Waals surface area (Å²) in [7, 11) is 0. The van der Waals surface area contributed by atoms with E-state index in [2.05, 4.69) is 15.4 Å². The topological polar surface area (TPSA) is 98.6 Å². The van der Waals surface area contributed by atoms with Crippen LogP contribution >= 0.6 is 11.6 Å². The van der Waals surface area contributed by atoms with E-state index in [4.69, 9.17) is 21.1 Å². The van der Waals surface area contributed by atoms with Crippen molar-refractivity contribution in [3.63, 3.8) is 0 Å². The Bertz CT molecular complexity index is 1150. The third-order valence-corrected chi connectivity index (χ3v) is 5.45. The average Bonchev–Trinajstić information content (AvgIpc) is 3.43. The molecule has 1 aromatic heterocycles. The summed E-state index contributed by atoms with van der Waals surface area (Å²) in [4.78, 5) is 31.2. The average molecular weight is 440 g/mol. The maximum absolute atomic E-state index is 13.0. The molecule has 10 heteroatoms. The second kappa shape index (κ2) is 7.92. The van der Waals surface area contributed by atoms with E-state index in [-0.39, 0.29) is 24.8 Å². The number of carbonyl (C=O) groups excluding carboxylic acids is 2. The molecule has 0 saturated carbocycles. The smallest absolute Gasteiger partial charge is 0.229 e. The molecule has 158 valence electrons. The molecule has 1 atom stereocenters. The van der Waals surface area contributed by atoms with Gasteiger partial charge in [-0.2, -0.15) is 5.10 Å². The summed E-state index contributed by atoms with van der Waals surface area (Å²) in [6.07, 6.45) is 3.04. The molecule has 1 N–H and O–H groups in total. The van der Waals surface area contributed by atoms with Crippen molar-refractivity contribution < 1.29 is 19.1 Å². The summed E-state index contributed by atoms with van der Waals surface area (Å²) in [5.74, 6) is 0.345. The Morgan fingerprint density at radius 1 is 1.13 bits per heavy atom. The molecule has 1 unspecified atom stereocenters. The number of benzene rings is 2. The lowest BCUT2D eigenvalue weighted by molar-refractivity contribution is -0.122. The number of fused-ring (bicyclic) bond motifs is 1. The fraction of sp³-hybridized carbons (Fsp3) is 0.238. The highest BCUT2D eigenvalue weighted by Crippen LogP contribution is 2.36. The first kappa shape index (κ1) is 19.4. The van der Waals surface area contributed by atoms with Crippen molar-refractivity contribution in [2.24, 2.45) is 5.92 Å². The van der Waals surface area contributed by atoms with Crippen LogP contribution in [0.3, 0.4) is 0 Å². The first-order valence-electron chi connectivity index (χ1n) is 9.74. The molecule has 3 aromatic rings. The third-order valence-electron chi connectivity index (χ3n) is 5.22. The lowest BCUT2D eigenvalue weighted by Gasteiger charge is -2.22. The number of halogens is 1. The van der Waals surface area contributed by atoms with Gasteiger partial charge in [-0.15, -0.1) is 0 Å². The monoisotopic (exact) mass is 439 g/mol. The second-order valence-corrected chi connectivity index (χ2v) is 7.66. The van der Waals surface area contributed by atoms with Crippen molar-refractivity contribution in [3.8, 4) is 17.2 Å². The predicted molar refractivity (Wildman–Crippen MR) is 113 cm³/mol. The molecule has 1 fully saturated rings. The van der Waals surface area contributed by atoms with Gasteiger partial charge in [-0.25, -0.2) is 9.67 Å². The molecule has 0 radical (unpaired) electrons.